The van der Waals surface area contributed by atoms with Gasteiger partial charge in [-0.1, -0.05) is 36.2 Å². The molecule has 34 heavy (non-hydrogen) atoms. The summed E-state index contributed by atoms with van der Waals surface area (Å²) in [5.74, 6) is -3.86. The molecule has 7 nitrogen and oxygen atoms in total. The van der Waals surface area contributed by atoms with Crippen molar-refractivity contribution in [2.24, 2.45) is 0 Å². The maximum atomic E-state index is 15.1. The first-order chi connectivity index (χ1) is 16.1. The number of rotatable bonds is 7. The molecule has 2 N–H and O–H groups in total. The Morgan fingerprint density at radius 3 is 2.62 bits per heavy atom. The van der Waals surface area contributed by atoms with E-state index in [9.17, 15) is 17.6 Å². The van der Waals surface area contributed by atoms with E-state index in [-0.39, 0.29) is 28.9 Å². The molecule has 4 aromatic rings. The second-order valence-corrected chi connectivity index (χ2v) is 10.0. The Bertz CT molecular complexity index is 1540. The lowest BCUT2D eigenvalue weighted by Gasteiger charge is -2.11. The van der Waals surface area contributed by atoms with Gasteiger partial charge in [0.25, 0.3) is 0 Å². The fourth-order valence-corrected chi connectivity index (χ4v) is 5.04. The van der Waals surface area contributed by atoms with Gasteiger partial charge in [-0.2, -0.15) is 5.10 Å². The summed E-state index contributed by atoms with van der Waals surface area (Å²) in [6, 6.07) is 8.12. The topological polar surface area (TPSA) is 105 Å². The van der Waals surface area contributed by atoms with Crippen LogP contribution in [0, 0.1) is 11.6 Å². The Balaban J connectivity index is 1.80. The summed E-state index contributed by atoms with van der Waals surface area (Å²) < 4.78 is 55.8. The molecule has 0 unspecified atom stereocenters. The van der Waals surface area contributed by atoms with Crippen molar-refractivity contribution >= 4 is 55.7 Å². The number of benzene rings is 2. The van der Waals surface area contributed by atoms with Crippen molar-refractivity contribution in [2.45, 2.75) is 13.3 Å². The first kappa shape index (κ1) is 24.1. The van der Waals surface area contributed by atoms with Crippen LogP contribution in [0.25, 0.3) is 22.2 Å². The van der Waals surface area contributed by atoms with Gasteiger partial charge in [0.2, 0.25) is 15.8 Å². The summed E-state index contributed by atoms with van der Waals surface area (Å²) in [5, 5.41) is 7.43. The van der Waals surface area contributed by atoms with E-state index in [1.807, 2.05) is 4.72 Å². The maximum absolute atomic E-state index is 15.1. The van der Waals surface area contributed by atoms with Crippen molar-refractivity contribution in [3.8, 4) is 11.1 Å². The molecule has 2 aromatic carbocycles. The number of fused-ring (bicyclic) bond motifs is 1. The number of anilines is 1. The molecule has 0 atom stereocenters. The van der Waals surface area contributed by atoms with Crippen LogP contribution in [0.3, 0.4) is 0 Å². The smallest absolute Gasteiger partial charge is 0.232 e. The van der Waals surface area contributed by atoms with Gasteiger partial charge in [-0.3, -0.25) is 14.6 Å². The van der Waals surface area contributed by atoms with Crippen LogP contribution in [0.2, 0.25) is 10.0 Å². The molecule has 0 aliphatic rings. The molecule has 0 aliphatic heterocycles. The van der Waals surface area contributed by atoms with Crippen molar-refractivity contribution in [3.63, 3.8) is 0 Å². The lowest BCUT2D eigenvalue weighted by atomic mass is 10.0. The second-order valence-electron chi connectivity index (χ2n) is 7.35. The molecule has 0 saturated heterocycles. The molecule has 0 fully saturated rings. The number of pyridine rings is 1. The van der Waals surface area contributed by atoms with Crippen molar-refractivity contribution in [2.75, 3.05) is 10.5 Å². The number of carbonyl (C=O) groups excluding carboxylic acids is 1. The van der Waals surface area contributed by atoms with Gasteiger partial charge >= 0.3 is 0 Å². The first-order valence-electron chi connectivity index (χ1n) is 9.94. The highest BCUT2D eigenvalue weighted by molar-refractivity contribution is 7.92. The predicted octanol–water partition coefficient (Wildman–Crippen LogP) is 5.59. The van der Waals surface area contributed by atoms with Gasteiger partial charge in [-0.05, 0) is 36.8 Å². The van der Waals surface area contributed by atoms with Crippen LogP contribution in [0.4, 0.5) is 14.5 Å². The second kappa shape index (κ2) is 9.28. The average Bonchev–Trinajstić information content (AvgIpc) is 3.19. The monoisotopic (exact) mass is 524 g/mol. The standard InChI is InChI=1S/C22H16Cl2F2N4O3S/c1-2-7-34(32,33)30-17-6-5-16(25)18(19(17)26)21(31)20-14-8-11(10-27-22(14)29-28-20)13-4-3-12(23)9-15(13)24/h3-6,8-10,30H,2,7H2,1H3,(H,27,28,29). The fourth-order valence-electron chi connectivity index (χ4n) is 3.39. The third kappa shape index (κ3) is 4.61. The van der Waals surface area contributed by atoms with Gasteiger partial charge in [0, 0.05) is 27.4 Å². The van der Waals surface area contributed by atoms with E-state index in [1.165, 1.54) is 6.20 Å². The van der Waals surface area contributed by atoms with E-state index in [1.54, 1.807) is 31.2 Å². The molecule has 2 aromatic heterocycles. The SMILES string of the molecule is CCCS(=O)(=O)Nc1ccc(F)c(C(=O)c2n[nH]c3ncc(-c4ccc(Cl)cc4Cl)cc23)c1F. The molecule has 4 rings (SSSR count). The van der Waals surface area contributed by atoms with Crippen LogP contribution >= 0.6 is 23.2 Å². The largest absolute Gasteiger partial charge is 0.287 e. The number of halogens is 4. The molecular formula is C22H16Cl2F2N4O3S. The lowest BCUT2D eigenvalue weighted by Crippen LogP contribution is -2.18. The zero-order valence-electron chi connectivity index (χ0n) is 17.5. The molecular weight excluding hydrogens is 509 g/mol. The molecule has 0 radical (unpaired) electrons. The molecule has 0 amide bonds. The summed E-state index contributed by atoms with van der Waals surface area (Å²) >= 11 is 12.2. The normalized spacial score (nSPS) is 11.7. The minimum atomic E-state index is -3.87. The zero-order valence-corrected chi connectivity index (χ0v) is 19.8. The summed E-state index contributed by atoms with van der Waals surface area (Å²) in [4.78, 5) is 17.4. The number of ketones is 1. The zero-order chi connectivity index (χ0) is 24.6. The lowest BCUT2D eigenvalue weighted by molar-refractivity contribution is 0.102. The number of H-pyrrole nitrogens is 1. The van der Waals surface area contributed by atoms with Gasteiger partial charge in [0.1, 0.15) is 11.5 Å². The molecule has 0 saturated carbocycles. The number of nitrogens with one attached hydrogen (secondary N) is 2. The van der Waals surface area contributed by atoms with Gasteiger partial charge in [-0.25, -0.2) is 22.2 Å². The van der Waals surface area contributed by atoms with E-state index in [2.05, 4.69) is 15.2 Å². The predicted molar refractivity (Wildman–Crippen MR) is 127 cm³/mol. The van der Waals surface area contributed by atoms with E-state index in [0.717, 1.165) is 12.1 Å². The quantitative estimate of drug-likeness (QED) is 0.306. The number of carbonyl (C=O) groups is 1. The Morgan fingerprint density at radius 2 is 1.91 bits per heavy atom. The van der Waals surface area contributed by atoms with E-state index in [0.29, 0.717) is 21.2 Å². The van der Waals surface area contributed by atoms with Crippen LogP contribution in [0.5, 0.6) is 0 Å². The van der Waals surface area contributed by atoms with Crippen molar-refractivity contribution < 1.29 is 22.0 Å². The summed E-state index contributed by atoms with van der Waals surface area (Å²) in [6.45, 7) is 1.64. The summed E-state index contributed by atoms with van der Waals surface area (Å²) in [7, 11) is -3.87. The fraction of sp³-hybridized carbons (Fsp3) is 0.136. The number of aromatic amines is 1. The number of hydrogen-bond acceptors (Lipinski definition) is 5. The third-order valence-electron chi connectivity index (χ3n) is 4.93. The van der Waals surface area contributed by atoms with Crippen LogP contribution in [-0.2, 0) is 10.0 Å². The molecule has 0 bridgehead atoms. The van der Waals surface area contributed by atoms with E-state index >= 15 is 4.39 Å². The minimum absolute atomic E-state index is 0.198. The molecule has 176 valence electrons. The van der Waals surface area contributed by atoms with Crippen LogP contribution in [0.1, 0.15) is 29.4 Å². The Morgan fingerprint density at radius 1 is 1.15 bits per heavy atom. The molecule has 0 spiro atoms. The van der Waals surface area contributed by atoms with Gasteiger partial charge in [0.05, 0.1) is 22.4 Å². The highest BCUT2D eigenvalue weighted by Gasteiger charge is 2.27. The highest BCUT2D eigenvalue weighted by atomic mass is 35.5. The Hall–Kier alpha value is -3.08. The molecule has 0 aliphatic carbocycles. The van der Waals surface area contributed by atoms with Crippen molar-refractivity contribution in [1.82, 2.24) is 15.2 Å². The van der Waals surface area contributed by atoms with Crippen LogP contribution in [0.15, 0.2) is 42.6 Å². The van der Waals surface area contributed by atoms with Gasteiger partial charge in [0.15, 0.2) is 11.5 Å². The number of sulfonamides is 1. The Kier molecular flexibility index (Phi) is 6.57. The van der Waals surface area contributed by atoms with E-state index < -0.39 is 38.7 Å². The van der Waals surface area contributed by atoms with Crippen LogP contribution in [-0.4, -0.2) is 35.1 Å². The Labute approximate surface area is 203 Å². The van der Waals surface area contributed by atoms with Crippen molar-refractivity contribution in [3.05, 3.63) is 75.5 Å². The minimum Gasteiger partial charge on any atom is -0.287 e. The van der Waals surface area contributed by atoms with E-state index in [4.69, 9.17) is 23.2 Å². The number of aromatic nitrogens is 3. The van der Waals surface area contributed by atoms with Gasteiger partial charge in [-0.15, -0.1) is 0 Å². The first-order valence-corrected chi connectivity index (χ1v) is 12.3. The number of hydrogen-bond donors (Lipinski definition) is 2. The van der Waals surface area contributed by atoms with Crippen LogP contribution < -0.4 is 4.72 Å². The number of nitrogens with zero attached hydrogens (tertiary/aromatic N) is 2. The highest BCUT2D eigenvalue weighted by Crippen LogP contribution is 2.33. The molecule has 12 heteroatoms. The van der Waals surface area contributed by atoms with Crippen molar-refractivity contribution in [1.29, 1.82) is 0 Å². The summed E-state index contributed by atoms with van der Waals surface area (Å²) in [6.07, 6.45) is 1.78. The maximum Gasteiger partial charge on any atom is 0.232 e. The summed E-state index contributed by atoms with van der Waals surface area (Å²) in [5.41, 5.74) is -0.472. The van der Waals surface area contributed by atoms with Gasteiger partial charge < -0.3 is 0 Å². The molecule has 2 heterocycles. The average molecular weight is 525 g/mol. The third-order valence-corrected chi connectivity index (χ3v) is 6.95.